The molecule has 1 atom stereocenters. The lowest BCUT2D eigenvalue weighted by Crippen LogP contribution is -2.24. The number of hydrogen-bond acceptors (Lipinski definition) is 5. The van der Waals surface area contributed by atoms with Gasteiger partial charge in [0, 0.05) is 25.1 Å². The van der Waals surface area contributed by atoms with Gasteiger partial charge in [0.05, 0.1) is 12.3 Å². The number of methoxy groups -OCH3 is 1. The predicted molar refractivity (Wildman–Crippen MR) is 84.1 cm³/mol. The number of rotatable bonds is 10. The van der Waals surface area contributed by atoms with Crippen molar-refractivity contribution in [2.45, 2.75) is 59.3 Å². The van der Waals surface area contributed by atoms with Crippen LogP contribution in [0.2, 0.25) is 0 Å². The Labute approximate surface area is 126 Å². The Balaban J connectivity index is 2.94. The maximum absolute atomic E-state index is 5.92. The van der Waals surface area contributed by atoms with Crippen LogP contribution >= 0.6 is 11.3 Å². The predicted octanol–water partition coefficient (Wildman–Crippen LogP) is 3.45. The van der Waals surface area contributed by atoms with E-state index in [0.717, 1.165) is 36.6 Å². The zero-order valence-corrected chi connectivity index (χ0v) is 14.2. The van der Waals surface area contributed by atoms with E-state index in [2.05, 4.69) is 26.1 Å². The minimum atomic E-state index is -0.287. The Hall–Kier alpha value is -0.490. The Morgan fingerprint density at radius 2 is 2.05 bits per heavy atom. The summed E-state index contributed by atoms with van der Waals surface area (Å²) in [7, 11) is 1.71. The van der Waals surface area contributed by atoms with E-state index in [-0.39, 0.29) is 5.60 Å². The smallest absolute Gasteiger partial charge is 0.125 e. The minimum absolute atomic E-state index is 0.287. The third-order valence-electron chi connectivity index (χ3n) is 3.36. The van der Waals surface area contributed by atoms with Gasteiger partial charge in [0.15, 0.2) is 0 Å². The first kappa shape index (κ1) is 17.6. The van der Waals surface area contributed by atoms with E-state index < -0.39 is 0 Å². The molecule has 1 rings (SSSR count). The maximum Gasteiger partial charge on any atom is 0.125 e. The fourth-order valence-corrected chi connectivity index (χ4v) is 3.21. The topological polar surface area (TPSA) is 43.4 Å². The molecule has 116 valence electrons. The van der Waals surface area contributed by atoms with Crippen LogP contribution in [-0.4, -0.2) is 25.2 Å². The molecule has 0 amide bonds. The zero-order valence-electron chi connectivity index (χ0n) is 13.4. The van der Waals surface area contributed by atoms with Crippen molar-refractivity contribution < 1.29 is 9.47 Å². The van der Waals surface area contributed by atoms with E-state index >= 15 is 0 Å². The van der Waals surface area contributed by atoms with Crippen molar-refractivity contribution in [3.8, 4) is 0 Å². The van der Waals surface area contributed by atoms with Gasteiger partial charge in [0.1, 0.15) is 10.6 Å². The van der Waals surface area contributed by atoms with Crippen molar-refractivity contribution in [3.63, 3.8) is 0 Å². The molecule has 1 aromatic heterocycles. The van der Waals surface area contributed by atoms with Crippen molar-refractivity contribution in [2.24, 2.45) is 0 Å². The van der Waals surface area contributed by atoms with Crippen LogP contribution in [0, 0.1) is 0 Å². The van der Waals surface area contributed by atoms with Gasteiger partial charge in [-0.2, -0.15) is 0 Å². The molecule has 4 nitrogen and oxygen atoms in total. The van der Waals surface area contributed by atoms with Crippen molar-refractivity contribution >= 4 is 11.3 Å². The van der Waals surface area contributed by atoms with E-state index in [4.69, 9.17) is 14.5 Å². The molecule has 0 aliphatic heterocycles. The number of aromatic nitrogens is 1. The fraction of sp³-hybridized carbons (Fsp3) is 0.800. The number of ether oxygens (including phenoxy) is 2. The van der Waals surface area contributed by atoms with Gasteiger partial charge in [-0.1, -0.05) is 13.8 Å². The minimum Gasteiger partial charge on any atom is -0.378 e. The highest BCUT2D eigenvalue weighted by atomic mass is 32.1. The van der Waals surface area contributed by atoms with Crippen LogP contribution in [-0.2, 0) is 28.2 Å². The third-order valence-corrected chi connectivity index (χ3v) is 4.70. The third kappa shape index (κ3) is 4.52. The Bertz CT molecular complexity index is 395. The molecule has 0 aliphatic rings. The van der Waals surface area contributed by atoms with E-state index in [1.54, 1.807) is 18.4 Å². The number of hydrogen-bond donors (Lipinski definition) is 1. The second-order valence-corrected chi connectivity index (χ2v) is 6.10. The number of nitrogens with one attached hydrogen (secondary N) is 1. The summed E-state index contributed by atoms with van der Waals surface area (Å²) in [5.41, 5.74) is 0.751. The molecule has 0 aliphatic carbocycles. The molecule has 5 heteroatoms. The van der Waals surface area contributed by atoms with Crippen molar-refractivity contribution in [1.29, 1.82) is 0 Å². The highest BCUT2D eigenvalue weighted by Gasteiger charge is 2.30. The molecule has 1 N–H and O–H groups in total. The summed E-state index contributed by atoms with van der Waals surface area (Å²) in [4.78, 5) is 6.03. The summed E-state index contributed by atoms with van der Waals surface area (Å²) in [6.45, 7) is 11.6. The lowest BCUT2D eigenvalue weighted by Gasteiger charge is -2.25. The average Bonchev–Trinajstić information content (AvgIpc) is 2.84. The van der Waals surface area contributed by atoms with Crippen molar-refractivity contribution in [3.05, 3.63) is 15.6 Å². The summed E-state index contributed by atoms with van der Waals surface area (Å²) in [6.07, 6.45) is 2.06. The van der Waals surface area contributed by atoms with Crippen LogP contribution in [0.4, 0.5) is 0 Å². The molecule has 20 heavy (non-hydrogen) atoms. The summed E-state index contributed by atoms with van der Waals surface area (Å²) in [5, 5.41) is 4.50. The van der Waals surface area contributed by atoms with Gasteiger partial charge in [0.25, 0.3) is 0 Å². The normalized spacial score (nSPS) is 14.4. The van der Waals surface area contributed by atoms with Crippen LogP contribution in [0.5, 0.6) is 0 Å². The largest absolute Gasteiger partial charge is 0.378 e. The second kappa shape index (κ2) is 8.72. The highest BCUT2D eigenvalue weighted by molar-refractivity contribution is 7.11. The molecule has 0 bridgehead atoms. The van der Waals surface area contributed by atoms with Gasteiger partial charge in [-0.3, -0.25) is 0 Å². The number of thiazole rings is 1. The SMILES string of the molecule is CCCNCc1sc(C(C)(CC)OCC)nc1COC. The van der Waals surface area contributed by atoms with E-state index in [1.807, 2.05) is 6.92 Å². The van der Waals surface area contributed by atoms with Gasteiger partial charge in [-0.05, 0) is 33.2 Å². The molecule has 0 radical (unpaired) electrons. The van der Waals surface area contributed by atoms with Crippen molar-refractivity contribution in [1.82, 2.24) is 10.3 Å². The lowest BCUT2D eigenvalue weighted by molar-refractivity contribution is -0.0326. The van der Waals surface area contributed by atoms with Crippen LogP contribution in [0.3, 0.4) is 0 Å². The van der Waals surface area contributed by atoms with Gasteiger partial charge < -0.3 is 14.8 Å². The molecule has 1 heterocycles. The van der Waals surface area contributed by atoms with E-state index in [1.165, 1.54) is 4.88 Å². The molecule has 0 saturated heterocycles. The summed E-state index contributed by atoms with van der Waals surface area (Å²) in [6, 6.07) is 0. The molecule has 0 saturated carbocycles. The van der Waals surface area contributed by atoms with Gasteiger partial charge in [-0.15, -0.1) is 11.3 Å². The summed E-state index contributed by atoms with van der Waals surface area (Å²) in [5.74, 6) is 0. The molecule has 1 aromatic rings. The standard InChI is InChI=1S/C15H28N2O2S/c1-6-9-16-10-13-12(11-18-5)17-14(20-13)15(4,7-2)19-8-3/h16H,6-11H2,1-5H3. The quantitative estimate of drug-likeness (QED) is 0.672. The molecular weight excluding hydrogens is 272 g/mol. The summed E-state index contributed by atoms with van der Waals surface area (Å²) >= 11 is 1.74. The van der Waals surface area contributed by atoms with Crippen LogP contribution in [0.1, 0.15) is 56.1 Å². The molecule has 0 spiro atoms. The van der Waals surface area contributed by atoms with Crippen LogP contribution in [0.15, 0.2) is 0 Å². The first-order valence-electron chi connectivity index (χ1n) is 7.43. The second-order valence-electron chi connectivity index (χ2n) is 5.02. The summed E-state index contributed by atoms with van der Waals surface area (Å²) < 4.78 is 11.2. The molecule has 0 fully saturated rings. The van der Waals surface area contributed by atoms with Crippen molar-refractivity contribution in [2.75, 3.05) is 20.3 Å². The zero-order chi connectivity index (χ0) is 15.0. The Kier molecular flexibility index (Phi) is 7.66. The molecule has 0 aromatic carbocycles. The fourth-order valence-electron chi connectivity index (χ4n) is 2.01. The van der Waals surface area contributed by atoms with E-state index in [0.29, 0.717) is 13.2 Å². The maximum atomic E-state index is 5.92. The van der Waals surface area contributed by atoms with Crippen LogP contribution in [0.25, 0.3) is 0 Å². The first-order chi connectivity index (χ1) is 9.61. The lowest BCUT2D eigenvalue weighted by atomic mass is 10.0. The van der Waals surface area contributed by atoms with Crippen LogP contribution < -0.4 is 5.32 Å². The Morgan fingerprint density at radius 1 is 1.30 bits per heavy atom. The highest BCUT2D eigenvalue weighted by Crippen LogP contribution is 2.34. The molecule has 1 unspecified atom stereocenters. The Morgan fingerprint density at radius 3 is 2.60 bits per heavy atom. The average molecular weight is 300 g/mol. The molecular formula is C15H28N2O2S. The monoisotopic (exact) mass is 300 g/mol. The first-order valence-corrected chi connectivity index (χ1v) is 8.25. The van der Waals surface area contributed by atoms with Gasteiger partial charge in [-0.25, -0.2) is 4.98 Å². The van der Waals surface area contributed by atoms with Gasteiger partial charge in [0.2, 0.25) is 0 Å². The number of nitrogens with zero attached hydrogens (tertiary/aromatic N) is 1. The van der Waals surface area contributed by atoms with E-state index in [9.17, 15) is 0 Å². The van der Waals surface area contributed by atoms with Gasteiger partial charge >= 0.3 is 0 Å².